The Bertz CT molecular complexity index is 1050. The summed E-state index contributed by atoms with van der Waals surface area (Å²) in [7, 11) is 2.89. The average Bonchev–Trinajstić information content (AvgIpc) is 3.16. The van der Waals surface area contributed by atoms with Crippen LogP contribution >= 0.6 is 0 Å². The van der Waals surface area contributed by atoms with Gasteiger partial charge in [0, 0.05) is 6.92 Å². The molecule has 0 radical (unpaired) electrons. The molecule has 2 heterocycles. The van der Waals surface area contributed by atoms with E-state index in [4.69, 9.17) is 14.0 Å². The van der Waals surface area contributed by atoms with Crippen molar-refractivity contribution in [3.8, 4) is 23.1 Å². The van der Waals surface area contributed by atoms with Gasteiger partial charge in [-0.25, -0.2) is 9.37 Å². The molecular formula is C20H22FN5O4. The van der Waals surface area contributed by atoms with Crippen LogP contribution in [0.25, 0.3) is 11.5 Å². The second-order valence-electron chi connectivity index (χ2n) is 7.06. The number of carbonyl (C=O) groups excluding carboxylic acids is 1. The molecule has 0 saturated heterocycles. The summed E-state index contributed by atoms with van der Waals surface area (Å²) in [4.78, 5) is 24.8. The molecule has 2 aromatic heterocycles. The van der Waals surface area contributed by atoms with Gasteiger partial charge in [-0.1, -0.05) is 17.3 Å². The molecule has 158 valence electrons. The highest BCUT2D eigenvalue weighted by Gasteiger charge is 2.30. The maximum absolute atomic E-state index is 13.1. The van der Waals surface area contributed by atoms with E-state index < -0.39 is 5.54 Å². The van der Waals surface area contributed by atoms with Crippen LogP contribution in [-0.4, -0.2) is 40.2 Å². The highest BCUT2D eigenvalue weighted by molar-refractivity contribution is 5.74. The Morgan fingerprint density at radius 3 is 2.43 bits per heavy atom. The van der Waals surface area contributed by atoms with E-state index in [1.807, 2.05) is 0 Å². The molecule has 0 unspecified atom stereocenters. The van der Waals surface area contributed by atoms with Gasteiger partial charge >= 0.3 is 0 Å². The van der Waals surface area contributed by atoms with Crippen LogP contribution in [-0.2, 0) is 16.8 Å². The van der Waals surface area contributed by atoms with Crippen molar-refractivity contribution in [3.63, 3.8) is 0 Å². The van der Waals surface area contributed by atoms with E-state index in [0.29, 0.717) is 12.3 Å². The van der Waals surface area contributed by atoms with Gasteiger partial charge in [0.25, 0.3) is 5.88 Å². The summed E-state index contributed by atoms with van der Waals surface area (Å²) in [5.41, 5.74) is 0.180. The smallest absolute Gasteiger partial charge is 0.261 e. The van der Waals surface area contributed by atoms with Crippen molar-refractivity contribution in [2.24, 2.45) is 0 Å². The lowest BCUT2D eigenvalue weighted by atomic mass is 10.0. The summed E-state index contributed by atoms with van der Waals surface area (Å²) >= 11 is 0. The first-order valence-corrected chi connectivity index (χ1v) is 9.10. The number of ether oxygens (including phenoxy) is 2. The van der Waals surface area contributed by atoms with Crippen molar-refractivity contribution in [3.05, 3.63) is 47.4 Å². The van der Waals surface area contributed by atoms with E-state index >= 15 is 0 Å². The second-order valence-corrected chi connectivity index (χ2v) is 7.06. The van der Waals surface area contributed by atoms with Gasteiger partial charge in [0.1, 0.15) is 5.82 Å². The molecule has 3 aromatic rings. The predicted molar refractivity (Wildman–Crippen MR) is 104 cm³/mol. The molecule has 1 N–H and O–H groups in total. The Hall–Kier alpha value is -3.56. The summed E-state index contributed by atoms with van der Waals surface area (Å²) in [5.74, 6) is 0.617. The second kappa shape index (κ2) is 8.44. The maximum atomic E-state index is 13.1. The molecule has 0 fully saturated rings. The minimum atomic E-state index is -0.888. The number of rotatable bonds is 7. The lowest BCUT2D eigenvalue weighted by molar-refractivity contribution is -0.120. The third kappa shape index (κ3) is 4.53. The Morgan fingerprint density at radius 1 is 1.13 bits per heavy atom. The zero-order valence-electron chi connectivity index (χ0n) is 17.3. The number of hydrogen-bond acceptors (Lipinski definition) is 8. The molecule has 0 saturated carbocycles. The van der Waals surface area contributed by atoms with E-state index in [2.05, 4.69) is 25.4 Å². The standard InChI is InChI=1S/C20H22FN5O4/c1-11(27)25-20(2,3)19-23-15(16(28-4)18(24-19)29-5)17-22-14(30-26-17)10-12-6-8-13(21)9-7-12/h6-9H,10H2,1-5H3,(H,25,27). The summed E-state index contributed by atoms with van der Waals surface area (Å²) in [6.07, 6.45) is 0.321. The van der Waals surface area contributed by atoms with Gasteiger partial charge in [-0.3, -0.25) is 4.79 Å². The third-order valence-corrected chi connectivity index (χ3v) is 4.23. The van der Waals surface area contributed by atoms with Gasteiger partial charge in [-0.2, -0.15) is 9.97 Å². The van der Waals surface area contributed by atoms with E-state index in [1.54, 1.807) is 26.0 Å². The quantitative estimate of drug-likeness (QED) is 0.627. The van der Waals surface area contributed by atoms with Crippen LogP contribution in [0.15, 0.2) is 28.8 Å². The maximum Gasteiger partial charge on any atom is 0.261 e. The van der Waals surface area contributed by atoms with Gasteiger partial charge in [-0.15, -0.1) is 0 Å². The van der Waals surface area contributed by atoms with Crippen molar-refractivity contribution in [1.29, 1.82) is 0 Å². The summed E-state index contributed by atoms with van der Waals surface area (Å²) < 4.78 is 29.2. The number of methoxy groups -OCH3 is 2. The van der Waals surface area contributed by atoms with Crippen LogP contribution in [0.5, 0.6) is 11.6 Å². The number of aromatic nitrogens is 4. The third-order valence-electron chi connectivity index (χ3n) is 4.23. The van der Waals surface area contributed by atoms with Gasteiger partial charge < -0.3 is 19.3 Å². The topological polar surface area (TPSA) is 112 Å². The van der Waals surface area contributed by atoms with E-state index in [9.17, 15) is 9.18 Å². The van der Waals surface area contributed by atoms with Crippen LogP contribution in [0, 0.1) is 5.82 Å². The van der Waals surface area contributed by atoms with E-state index in [0.717, 1.165) is 5.56 Å². The highest BCUT2D eigenvalue weighted by atomic mass is 19.1. The fraction of sp³-hybridized carbons (Fsp3) is 0.350. The molecule has 9 nitrogen and oxygen atoms in total. The number of benzene rings is 1. The first-order chi connectivity index (χ1) is 14.2. The fourth-order valence-corrected chi connectivity index (χ4v) is 2.88. The van der Waals surface area contributed by atoms with Crippen molar-refractivity contribution >= 4 is 5.91 Å². The number of halogens is 1. The predicted octanol–water partition coefficient (Wildman–Crippen LogP) is 2.64. The Balaban J connectivity index is 2.01. The molecule has 0 bridgehead atoms. The fourth-order valence-electron chi connectivity index (χ4n) is 2.88. The van der Waals surface area contributed by atoms with Gasteiger partial charge in [0.2, 0.25) is 23.4 Å². The highest BCUT2D eigenvalue weighted by Crippen LogP contribution is 2.35. The molecule has 30 heavy (non-hydrogen) atoms. The lowest BCUT2D eigenvalue weighted by Crippen LogP contribution is -2.41. The zero-order valence-corrected chi connectivity index (χ0v) is 17.3. The average molecular weight is 415 g/mol. The molecule has 1 amide bonds. The zero-order chi connectivity index (χ0) is 21.9. The number of carbonyl (C=O) groups is 1. The molecule has 0 aliphatic heterocycles. The van der Waals surface area contributed by atoms with Crippen LogP contribution in [0.1, 0.15) is 38.0 Å². The van der Waals surface area contributed by atoms with E-state index in [-0.39, 0.29) is 40.7 Å². The van der Waals surface area contributed by atoms with E-state index in [1.165, 1.54) is 33.3 Å². The Kier molecular flexibility index (Phi) is 5.95. The summed E-state index contributed by atoms with van der Waals surface area (Å²) in [6.45, 7) is 4.93. The number of nitrogens with one attached hydrogen (secondary N) is 1. The van der Waals surface area contributed by atoms with Crippen LogP contribution in [0.4, 0.5) is 4.39 Å². The normalized spacial score (nSPS) is 11.3. The van der Waals surface area contributed by atoms with Crippen molar-refractivity contribution < 1.29 is 23.2 Å². The number of amides is 1. The van der Waals surface area contributed by atoms with Crippen LogP contribution in [0.2, 0.25) is 0 Å². The van der Waals surface area contributed by atoms with Gasteiger partial charge in [-0.05, 0) is 31.5 Å². The van der Waals surface area contributed by atoms with Crippen molar-refractivity contribution in [1.82, 2.24) is 25.4 Å². The number of nitrogens with zero attached hydrogens (tertiary/aromatic N) is 4. The minimum Gasteiger partial charge on any atom is -0.490 e. The van der Waals surface area contributed by atoms with Crippen molar-refractivity contribution in [2.45, 2.75) is 32.7 Å². The Labute approximate surface area is 172 Å². The van der Waals surface area contributed by atoms with Gasteiger partial charge in [0.05, 0.1) is 26.2 Å². The molecule has 1 aromatic carbocycles. The van der Waals surface area contributed by atoms with Crippen molar-refractivity contribution in [2.75, 3.05) is 14.2 Å². The van der Waals surface area contributed by atoms with Crippen LogP contribution in [0.3, 0.4) is 0 Å². The largest absolute Gasteiger partial charge is 0.490 e. The van der Waals surface area contributed by atoms with Crippen LogP contribution < -0.4 is 14.8 Å². The molecule has 10 heteroatoms. The molecule has 0 aliphatic carbocycles. The summed E-state index contributed by atoms with van der Waals surface area (Å²) in [6, 6.07) is 6.01. The Morgan fingerprint density at radius 2 is 1.83 bits per heavy atom. The molecular weight excluding hydrogens is 393 g/mol. The lowest BCUT2D eigenvalue weighted by Gasteiger charge is -2.25. The number of hydrogen-bond donors (Lipinski definition) is 1. The molecule has 0 spiro atoms. The SMILES string of the molecule is COc1nc(C(C)(C)NC(C)=O)nc(-c2noc(Cc3ccc(F)cc3)n2)c1OC. The minimum absolute atomic E-state index is 0.167. The first-order valence-electron chi connectivity index (χ1n) is 9.10. The monoisotopic (exact) mass is 415 g/mol. The first kappa shape index (κ1) is 21.2. The molecule has 3 rings (SSSR count). The summed E-state index contributed by atoms with van der Waals surface area (Å²) in [5, 5.41) is 6.79. The van der Waals surface area contributed by atoms with Gasteiger partial charge in [0.15, 0.2) is 11.5 Å². The molecule has 0 aliphatic rings. The molecule has 0 atom stereocenters.